The van der Waals surface area contributed by atoms with Crippen LogP contribution in [-0.4, -0.2) is 29.1 Å². The van der Waals surface area contributed by atoms with Gasteiger partial charge in [-0.25, -0.2) is 4.90 Å². The molecule has 1 atom stereocenters. The number of nitrogens with zero attached hydrogens (tertiary/aromatic N) is 1. The number of hydrogen-bond acceptors (Lipinski definition) is 1. The van der Waals surface area contributed by atoms with Crippen LogP contribution in [-0.2, 0) is 0 Å². The third-order valence-corrected chi connectivity index (χ3v) is 2.24. The van der Waals surface area contributed by atoms with Crippen molar-refractivity contribution in [3.63, 3.8) is 0 Å². The molecule has 0 aromatic heterocycles. The molecule has 1 rings (SSSR count). The lowest BCUT2D eigenvalue weighted by Gasteiger charge is -2.17. The first kappa shape index (κ1) is 8.33. The summed E-state index contributed by atoms with van der Waals surface area (Å²) >= 11 is 3.13. The van der Waals surface area contributed by atoms with Crippen LogP contribution < -0.4 is 0 Å². The molecule has 0 N–H and O–H groups in total. The van der Waals surface area contributed by atoms with Gasteiger partial charge >= 0.3 is 6.30 Å². The highest BCUT2D eigenvalue weighted by Crippen LogP contribution is 2.28. The van der Waals surface area contributed by atoms with Gasteiger partial charge in [0.05, 0.1) is 0 Å². The number of hydrogen-bond donors (Lipinski definition) is 0. The first-order valence-electron chi connectivity index (χ1n) is 2.96. The maximum Gasteiger partial charge on any atom is 0.459 e. The third-order valence-electron chi connectivity index (χ3n) is 1.49. The average molecular weight is 218 g/mol. The second-order valence-corrected chi connectivity index (χ2v) is 3.59. The van der Waals surface area contributed by atoms with E-state index in [0.29, 0.717) is 11.3 Å². The van der Waals surface area contributed by atoms with Crippen molar-refractivity contribution >= 4 is 15.9 Å². The quantitative estimate of drug-likeness (QED) is 0.443. The van der Waals surface area contributed by atoms with Gasteiger partial charge in [0.1, 0.15) is 0 Å². The lowest BCUT2D eigenvalue weighted by Crippen LogP contribution is -2.35. The van der Waals surface area contributed by atoms with Gasteiger partial charge in [0, 0.05) is 17.9 Å². The maximum atomic E-state index is 11.8. The van der Waals surface area contributed by atoms with E-state index in [-0.39, 0.29) is 17.9 Å². The molecule has 0 aromatic carbocycles. The van der Waals surface area contributed by atoms with Gasteiger partial charge < -0.3 is 0 Å². The van der Waals surface area contributed by atoms with Gasteiger partial charge in [-0.15, -0.1) is 0 Å². The summed E-state index contributed by atoms with van der Waals surface area (Å²) in [5, 5.41) is 0. The molecule has 0 aliphatic carbocycles. The van der Waals surface area contributed by atoms with E-state index in [0.717, 1.165) is 0 Å². The molecule has 0 spiro atoms. The summed E-state index contributed by atoms with van der Waals surface area (Å²) < 4.78 is 35.5. The van der Waals surface area contributed by atoms with Crippen molar-refractivity contribution in [1.82, 2.24) is 4.90 Å². The Kier molecular flexibility index (Phi) is 2.24. The topological polar surface area (TPSA) is 3.24 Å². The molecule has 60 valence electrons. The Morgan fingerprint density at radius 1 is 1.40 bits per heavy atom. The Hall–Kier alpha value is 0.230. The second kappa shape index (κ2) is 2.70. The van der Waals surface area contributed by atoms with Gasteiger partial charge in [-0.05, 0) is 6.42 Å². The summed E-state index contributed by atoms with van der Waals surface area (Å²) in [4.78, 5) is 0.529. The van der Waals surface area contributed by atoms with Crippen LogP contribution in [0.25, 0.3) is 0 Å². The summed E-state index contributed by atoms with van der Waals surface area (Å²) in [6.45, 7) is 0.211. The van der Waals surface area contributed by atoms with Gasteiger partial charge in [0.15, 0.2) is 0 Å². The van der Waals surface area contributed by atoms with Crippen LogP contribution in [0.1, 0.15) is 6.42 Å². The molecule has 0 radical (unpaired) electrons. The molecule has 1 aliphatic rings. The Balaban J connectivity index is 2.45. The van der Waals surface area contributed by atoms with Crippen molar-refractivity contribution in [1.29, 1.82) is 0 Å². The van der Waals surface area contributed by atoms with Crippen LogP contribution in [0.2, 0.25) is 0 Å². The average Bonchev–Trinajstić information content (AvgIpc) is 2.11. The second-order valence-electron chi connectivity index (χ2n) is 2.30. The molecule has 1 aliphatic heterocycles. The highest BCUT2D eigenvalue weighted by atomic mass is 79.9. The minimum absolute atomic E-state index is 0.00845. The molecule has 0 aromatic rings. The van der Waals surface area contributed by atoms with Gasteiger partial charge in [-0.1, -0.05) is 15.9 Å². The molecule has 5 heteroatoms. The standard InChI is InChI=1S/C5H7BrF3N/c6-4-1-2-10(3-4)5(7,8)9/h4H,1-3H2. The van der Waals surface area contributed by atoms with E-state index in [1.165, 1.54) is 0 Å². The summed E-state index contributed by atoms with van der Waals surface area (Å²) in [5.41, 5.74) is 0. The lowest BCUT2D eigenvalue weighted by molar-refractivity contribution is -0.237. The van der Waals surface area contributed by atoms with Crippen molar-refractivity contribution in [3.05, 3.63) is 0 Å². The minimum Gasteiger partial charge on any atom is -0.213 e. The highest BCUT2D eigenvalue weighted by Gasteiger charge is 2.40. The van der Waals surface area contributed by atoms with Gasteiger partial charge in [0.2, 0.25) is 0 Å². The molecule has 0 amide bonds. The molecule has 1 nitrogen and oxygen atoms in total. The fraction of sp³-hybridized carbons (Fsp3) is 1.00. The maximum absolute atomic E-state index is 11.8. The van der Waals surface area contributed by atoms with Crippen molar-refractivity contribution in [3.8, 4) is 0 Å². The Bertz CT molecular complexity index is 125. The predicted molar refractivity (Wildman–Crippen MR) is 35.0 cm³/mol. The third kappa shape index (κ3) is 1.85. The zero-order valence-electron chi connectivity index (χ0n) is 5.16. The smallest absolute Gasteiger partial charge is 0.213 e. The summed E-state index contributed by atoms with van der Waals surface area (Å²) in [5.74, 6) is 0. The van der Waals surface area contributed by atoms with Crippen LogP contribution in [0.5, 0.6) is 0 Å². The number of likely N-dealkylation sites (tertiary alicyclic amines) is 1. The van der Waals surface area contributed by atoms with E-state index >= 15 is 0 Å². The van der Waals surface area contributed by atoms with E-state index in [2.05, 4.69) is 15.9 Å². The van der Waals surface area contributed by atoms with Gasteiger partial charge in [-0.3, -0.25) is 0 Å². The summed E-state index contributed by atoms with van der Waals surface area (Å²) in [6, 6.07) is 0. The predicted octanol–water partition coefficient (Wildman–Crippen LogP) is 1.98. The summed E-state index contributed by atoms with van der Waals surface area (Å²) in [7, 11) is 0. The molecule has 0 bridgehead atoms. The molecule has 0 saturated carbocycles. The molecule has 1 heterocycles. The fourth-order valence-electron chi connectivity index (χ4n) is 0.948. The van der Waals surface area contributed by atoms with Crippen LogP contribution in [0.15, 0.2) is 0 Å². The SMILES string of the molecule is FC(F)(F)N1CCC(Br)C1. The van der Waals surface area contributed by atoms with Gasteiger partial charge in [-0.2, -0.15) is 13.2 Å². The number of rotatable bonds is 0. The van der Waals surface area contributed by atoms with E-state index in [1.54, 1.807) is 0 Å². The van der Waals surface area contributed by atoms with Crippen LogP contribution in [0, 0.1) is 0 Å². The Labute approximate surface area is 65.3 Å². The van der Waals surface area contributed by atoms with E-state index < -0.39 is 6.30 Å². The van der Waals surface area contributed by atoms with E-state index in [4.69, 9.17) is 0 Å². The number of alkyl halides is 4. The molecule has 1 fully saturated rings. The minimum atomic E-state index is -4.14. The largest absolute Gasteiger partial charge is 0.459 e. The van der Waals surface area contributed by atoms with Gasteiger partial charge in [0.25, 0.3) is 0 Å². The van der Waals surface area contributed by atoms with Crippen molar-refractivity contribution < 1.29 is 13.2 Å². The zero-order valence-corrected chi connectivity index (χ0v) is 6.74. The first-order chi connectivity index (χ1) is 4.50. The molecule has 10 heavy (non-hydrogen) atoms. The Morgan fingerprint density at radius 3 is 2.20 bits per heavy atom. The molecular formula is C5H7BrF3N. The van der Waals surface area contributed by atoms with Crippen LogP contribution in [0.3, 0.4) is 0 Å². The highest BCUT2D eigenvalue weighted by molar-refractivity contribution is 9.09. The monoisotopic (exact) mass is 217 g/mol. The normalized spacial score (nSPS) is 29.4. The summed E-state index contributed by atoms with van der Waals surface area (Å²) in [6.07, 6.45) is -3.55. The van der Waals surface area contributed by atoms with E-state index in [1.807, 2.05) is 0 Å². The Morgan fingerprint density at radius 2 is 2.00 bits per heavy atom. The molecule has 1 unspecified atom stereocenters. The van der Waals surface area contributed by atoms with Crippen molar-refractivity contribution in [2.75, 3.05) is 13.1 Å². The number of halogens is 4. The van der Waals surface area contributed by atoms with Crippen molar-refractivity contribution in [2.24, 2.45) is 0 Å². The molecular weight excluding hydrogens is 211 g/mol. The van der Waals surface area contributed by atoms with Crippen molar-refractivity contribution in [2.45, 2.75) is 17.5 Å². The zero-order chi connectivity index (χ0) is 7.78. The lowest BCUT2D eigenvalue weighted by atomic mass is 10.4. The van der Waals surface area contributed by atoms with Crippen LogP contribution in [0.4, 0.5) is 13.2 Å². The van der Waals surface area contributed by atoms with Crippen LogP contribution >= 0.6 is 15.9 Å². The fourth-order valence-corrected chi connectivity index (χ4v) is 1.50. The molecule has 1 saturated heterocycles. The first-order valence-corrected chi connectivity index (χ1v) is 3.87. The van der Waals surface area contributed by atoms with E-state index in [9.17, 15) is 13.2 Å².